The van der Waals surface area contributed by atoms with Crippen LogP contribution < -0.4 is 0 Å². The zero-order chi connectivity index (χ0) is 33.7. The summed E-state index contributed by atoms with van der Waals surface area (Å²) in [5.41, 5.74) is 11.2. The van der Waals surface area contributed by atoms with Gasteiger partial charge in [-0.3, -0.25) is 0 Å². The molecule has 3 heteroatoms. The third kappa shape index (κ3) is 5.18. The molecule has 0 fully saturated rings. The minimum atomic E-state index is 0.744. The van der Waals surface area contributed by atoms with Gasteiger partial charge in [0, 0.05) is 21.2 Å². The molecule has 0 atom stereocenters. The van der Waals surface area contributed by atoms with E-state index in [2.05, 4.69) is 182 Å². The third-order valence-corrected chi connectivity index (χ3v) is 11.0. The highest BCUT2D eigenvalue weighted by Gasteiger charge is 2.19. The van der Waals surface area contributed by atoms with E-state index >= 15 is 0 Å². The number of aromatic nitrogens is 2. The van der Waals surface area contributed by atoms with E-state index in [0.717, 1.165) is 43.8 Å². The molecule has 51 heavy (non-hydrogen) atoms. The van der Waals surface area contributed by atoms with E-state index in [0.29, 0.717) is 0 Å². The predicted octanol–water partition coefficient (Wildman–Crippen LogP) is 13.5. The van der Waals surface area contributed by atoms with Crippen LogP contribution in [0, 0.1) is 0 Å². The second kappa shape index (κ2) is 12.2. The molecule has 0 amide bonds. The Bertz CT molecular complexity index is 2900. The van der Waals surface area contributed by atoms with Crippen molar-refractivity contribution in [3.05, 3.63) is 182 Å². The highest BCUT2D eigenvalue weighted by molar-refractivity contribution is 7.26. The van der Waals surface area contributed by atoms with Gasteiger partial charge < -0.3 is 0 Å². The van der Waals surface area contributed by atoms with Crippen molar-refractivity contribution in [3.8, 4) is 56.0 Å². The Morgan fingerprint density at radius 1 is 0.373 bits per heavy atom. The van der Waals surface area contributed by atoms with Crippen LogP contribution >= 0.6 is 11.3 Å². The van der Waals surface area contributed by atoms with Crippen molar-refractivity contribution < 1.29 is 0 Å². The molecule has 0 saturated heterocycles. The van der Waals surface area contributed by atoms with Gasteiger partial charge in [0.05, 0.1) is 15.9 Å². The standard InChI is InChI=1S/C48H30N2S/c1-2-11-31(12-3-1)32-23-25-33(26-24-32)36-16-8-17-37(29-36)38-18-9-19-39(30-38)45-47-46(44-41-21-7-5-14-35(41)27-28-43(44)51-47)50-48(49-45)42-22-10-15-34-13-4-6-20-40(34)42/h1-30H. The van der Waals surface area contributed by atoms with Crippen LogP contribution in [-0.2, 0) is 0 Å². The molecule has 0 spiro atoms. The zero-order valence-electron chi connectivity index (χ0n) is 27.6. The molecule has 0 aliphatic rings. The number of thiophene rings is 1. The van der Waals surface area contributed by atoms with Gasteiger partial charge in [0.1, 0.15) is 0 Å². The van der Waals surface area contributed by atoms with Gasteiger partial charge in [-0.05, 0) is 73.1 Å². The van der Waals surface area contributed by atoms with Crippen molar-refractivity contribution in [1.82, 2.24) is 9.97 Å². The fourth-order valence-corrected chi connectivity index (χ4v) is 8.52. The van der Waals surface area contributed by atoms with Gasteiger partial charge in [0.15, 0.2) is 5.82 Å². The van der Waals surface area contributed by atoms with Crippen LogP contribution in [0.2, 0.25) is 0 Å². The summed E-state index contributed by atoms with van der Waals surface area (Å²) in [7, 11) is 0. The maximum Gasteiger partial charge on any atom is 0.161 e. The molecule has 0 N–H and O–H groups in total. The largest absolute Gasteiger partial charge is 0.226 e. The molecule has 10 rings (SSSR count). The molecule has 0 bridgehead atoms. The Morgan fingerprint density at radius 2 is 0.902 bits per heavy atom. The van der Waals surface area contributed by atoms with Crippen LogP contribution in [0.25, 0.3) is 97.9 Å². The van der Waals surface area contributed by atoms with Crippen LogP contribution in [0.5, 0.6) is 0 Å². The van der Waals surface area contributed by atoms with Crippen molar-refractivity contribution in [1.29, 1.82) is 0 Å². The zero-order valence-corrected chi connectivity index (χ0v) is 28.4. The average Bonchev–Trinajstić information content (AvgIpc) is 3.60. The van der Waals surface area contributed by atoms with Crippen LogP contribution in [0.4, 0.5) is 0 Å². The monoisotopic (exact) mass is 666 g/mol. The van der Waals surface area contributed by atoms with Gasteiger partial charge in [-0.25, -0.2) is 9.97 Å². The van der Waals surface area contributed by atoms with E-state index in [1.165, 1.54) is 54.1 Å². The fourth-order valence-electron chi connectivity index (χ4n) is 7.35. The smallest absolute Gasteiger partial charge is 0.161 e. The molecular weight excluding hydrogens is 637 g/mol. The van der Waals surface area contributed by atoms with Crippen molar-refractivity contribution in [3.63, 3.8) is 0 Å². The van der Waals surface area contributed by atoms with Crippen molar-refractivity contribution in [2.75, 3.05) is 0 Å². The summed E-state index contributed by atoms with van der Waals surface area (Å²) in [5, 5.41) is 5.96. The molecular formula is C48H30N2S. The summed E-state index contributed by atoms with van der Waals surface area (Å²) >= 11 is 1.78. The van der Waals surface area contributed by atoms with E-state index in [1.807, 2.05) is 0 Å². The Morgan fingerprint density at radius 3 is 1.67 bits per heavy atom. The molecule has 2 aromatic heterocycles. The van der Waals surface area contributed by atoms with Crippen molar-refractivity contribution in [2.24, 2.45) is 0 Å². The molecule has 2 heterocycles. The number of benzene rings is 8. The quantitative estimate of drug-likeness (QED) is 0.183. The lowest BCUT2D eigenvalue weighted by Crippen LogP contribution is -1.95. The van der Waals surface area contributed by atoms with E-state index < -0.39 is 0 Å². The molecule has 0 aliphatic heterocycles. The van der Waals surface area contributed by atoms with Gasteiger partial charge in [0.25, 0.3) is 0 Å². The number of hydrogen-bond donors (Lipinski definition) is 0. The second-order valence-electron chi connectivity index (χ2n) is 13.0. The number of nitrogens with zero attached hydrogens (tertiary/aromatic N) is 2. The topological polar surface area (TPSA) is 25.8 Å². The second-order valence-corrected chi connectivity index (χ2v) is 14.0. The Labute approximate surface area is 300 Å². The molecule has 0 aliphatic carbocycles. The Kier molecular flexibility index (Phi) is 7.04. The first-order valence-corrected chi connectivity index (χ1v) is 18.1. The summed E-state index contributed by atoms with van der Waals surface area (Å²) < 4.78 is 2.33. The number of hydrogen-bond acceptors (Lipinski definition) is 3. The highest BCUT2D eigenvalue weighted by atomic mass is 32.1. The minimum Gasteiger partial charge on any atom is -0.226 e. The van der Waals surface area contributed by atoms with Crippen molar-refractivity contribution >= 4 is 53.2 Å². The van der Waals surface area contributed by atoms with Crippen LogP contribution in [-0.4, -0.2) is 9.97 Å². The molecule has 2 nitrogen and oxygen atoms in total. The van der Waals surface area contributed by atoms with E-state index in [-0.39, 0.29) is 0 Å². The summed E-state index contributed by atoms with van der Waals surface area (Å²) in [6.07, 6.45) is 0. The minimum absolute atomic E-state index is 0.744. The summed E-state index contributed by atoms with van der Waals surface area (Å²) in [6, 6.07) is 65.0. The van der Waals surface area contributed by atoms with E-state index in [9.17, 15) is 0 Å². The fraction of sp³-hybridized carbons (Fsp3) is 0. The van der Waals surface area contributed by atoms with Gasteiger partial charge in [-0.15, -0.1) is 11.3 Å². The first kappa shape index (κ1) is 29.5. The van der Waals surface area contributed by atoms with E-state index in [1.54, 1.807) is 11.3 Å². The highest BCUT2D eigenvalue weighted by Crippen LogP contribution is 2.43. The number of fused-ring (bicyclic) bond motifs is 6. The predicted molar refractivity (Wildman–Crippen MR) is 217 cm³/mol. The van der Waals surface area contributed by atoms with E-state index in [4.69, 9.17) is 9.97 Å². The summed E-state index contributed by atoms with van der Waals surface area (Å²) in [6.45, 7) is 0. The van der Waals surface area contributed by atoms with Gasteiger partial charge in [0.2, 0.25) is 0 Å². The Balaban J connectivity index is 1.13. The summed E-state index contributed by atoms with van der Waals surface area (Å²) in [5.74, 6) is 0.744. The maximum atomic E-state index is 5.40. The summed E-state index contributed by atoms with van der Waals surface area (Å²) in [4.78, 5) is 10.8. The lowest BCUT2D eigenvalue weighted by Gasteiger charge is -2.11. The van der Waals surface area contributed by atoms with Crippen LogP contribution in [0.3, 0.4) is 0 Å². The Hall–Kier alpha value is -6.42. The molecule has 0 radical (unpaired) electrons. The van der Waals surface area contributed by atoms with Crippen LogP contribution in [0.15, 0.2) is 182 Å². The normalized spacial score (nSPS) is 11.5. The van der Waals surface area contributed by atoms with Gasteiger partial charge >= 0.3 is 0 Å². The van der Waals surface area contributed by atoms with Crippen molar-refractivity contribution in [2.45, 2.75) is 0 Å². The molecule has 238 valence electrons. The van der Waals surface area contributed by atoms with Gasteiger partial charge in [-0.1, -0.05) is 164 Å². The lowest BCUT2D eigenvalue weighted by molar-refractivity contribution is 1.25. The molecule has 10 aromatic rings. The molecule has 0 unspecified atom stereocenters. The first-order chi connectivity index (χ1) is 25.3. The van der Waals surface area contributed by atoms with Crippen LogP contribution in [0.1, 0.15) is 0 Å². The van der Waals surface area contributed by atoms with Gasteiger partial charge in [-0.2, -0.15) is 0 Å². The average molecular weight is 667 g/mol. The lowest BCUT2D eigenvalue weighted by atomic mass is 9.96. The third-order valence-electron chi connectivity index (χ3n) is 9.89. The molecule has 0 saturated carbocycles. The number of rotatable bonds is 5. The first-order valence-electron chi connectivity index (χ1n) is 17.2. The molecule has 8 aromatic carbocycles. The SMILES string of the molecule is c1ccc(-c2ccc(-c3cccc(-c4cccc(-c5nc(-c6cccc7ccccc67)nc6c5sc5ccc7ccccc7c56)c4)c3)cc2)cc1. The maximum absolute atomic E-state index is 5.40.